The molecule has 0 bridgehead atoms. The second-order valence-corrected chi connectivity index (χ2v) is 2.70. The molecular formula is C6H8N4O5. The number of rotatable bonds is 4. The Morgan fingerprint density at radius 2 is 2.27 bits per heavy atom. The molecule has 0 aliphatic heterocycles. The Labute approximate surface area is 82.7 Å². The lowest BCUT2D eigenvalue weighted by Gasteiger charge is -2.09. The third-order valence-corrected chi connectivity index (χ3v) is 1.65. The molecule has 1 aromatic rings. The highest BCUT2D eigenvalue weighted by Crippen LogP contribution is 2.16. The summed E-state index contributed by atoms with van der Waals surface area (Å²) in [7, 11) is 0. The van der Waals surface area contributed by atoms with Crippen molar-refractivity contribution in [3.8, 4) is 0 Å². The molecule has 5 N–H and O–H groups in total. The van der Waals surface area contributed by atoms with Crippen LogP contribution in [0.2, 0.25) is 0 Å². The summed E-state index contributed by atoms with van der Waals surface area (Å²) in [6.45, 7) is 0. The molecule has 0 aromatic carbocycles. The summed E-state index contributed by atoms with van der Waals surface area (Å²) < 4.78 is 0. The van der Waals surface area contributed by atoms with Crippen LogP contribution in [-0.2, 0) is 4.79 Å². The van der Waals surface area contributed by atoms with Gasteiger partial charge in [-0.2, -0.15) is 0 Å². The van der Waals surface area contributed by atoms with Crippen LogP contribution >= 0.6 is 0 Å². The summed E-state index contributed by atoms with van der Waals surface area (Å²) in [6, 6.07) is 0. The number of aliphatic hydroxyl groups is 2. The quantitative estimate of drug-likeness (QED) is 0.343. The second-order valence-electron chi connectivity index (χ2n) is 2.70. The van der Waals surface area contributed by atoms with Crippen LogP contribution in [0, 0.1) is 10.1 Å². The number of primary amides is 1. The van der Waals surface area contributed by atoms with Gasteiger partial charge in [0, 0.05) is 0 Å². The fraction of sp³-hybridized carbons (Fsp3) is 0.333. The van der Waals surface area contributed by atoms with Crippen molar-refractivity contribution < 1.29 is 19.9 Å². The van der Waals surface area contributed by atoms with E-state index in [0.717, 1.165) is 6.20 Å². The number of nitro groups is 1. The molecule has 0 saturated heterocycles. The van der Waals surface area contributed by atoms with Gasteiger partial charge >= 0.3 is 5.82 Å². The molecule has 1 rings (SSSR count). The first-order valence-electron chi connectivity index (χ1n) is 3.78. The molecule has 0 radical (unpaired) electrons. The Morgan fingerprint density at radius 1 is 1.67 bits per heavy atom. The molecule has 1 amide bonds. The van der Waals surface area contributed by atoms with Crippen molar-refractivity contribution in [1.82, 2.24) is 9.97 Å². The maximum Gasteiger partial charge on any atom is 0.340 e. The van der Waals surface area contributed by atoms with Gasteiger partial charge in [-0.15, -0.1) is 0 Å². The van der Waals surface area contributed by atoms with E-state index in [1.165, 1.54) is 0 Å². The van der Waals surface area contributed by atoms with E-state index in [4.69, 9.17) is 10.8 Å². The van der Waals surface area contributed by atoms with E-state index < -0.39 is 28.9 Å². The first-order chi connectivity index (χ1) is 6.93. The Morgan fingerprint density at radius 3 is 2.67 bits per heavy atom. The standard InChI is InChI=1S/C6H8N4O5/c7-5(13)3(11)4(12)6-8-1-2(9-6)10(14)15/h1,3-4,11-12H,(H2,7,13)(H,8,9). The third kappa shape index (κ3) is 2.27. The number of H-pyrrole nitrogens is 1. The molecule has 2 unspecified atom stereocenters. The molecule has 82 valence electrons. The van der Waals surface area contributed by atoms with Crippen LogP contribution < -0.4 is 5.73 Å². The monoisotopic (exact) mass is 216 g/mol. The van der Waals surface area contributed by atoms with Gasteiger partial charge < -0.3 is 26.1 Å². The molecule has 1 heterocycles. The zero-order chi connectivity index (χ0) is 11.6. The van der Waals surface area contributed by atoms with E-state index in [1.54, 1.807) is 0 Å². The molecule has 0 saturated carbocycles. The van der Waals surface area contributed by atoms with Crippen molar-refractivity contribution in [2.75, 3.05) is 0 Å². The molecule has 0 aliphatic carbocycles. The smallest absolute Gasteiger partial charge is 0.340 e. The molecule has 9 nitrogen and oxygen atoms in total. The van der Waals surface area contributed by atoms with Gasteiger partial charge in [0.1, 0.15) is 6.20 Å². The summed E-state index contributed by atoms with van der Waals surface area (Å²) in [4.78, 5) is 25.5. The Bertz CT molecular complexity index is 389. The number of amides is 1. The highest BCUT2D eigenvalue weighted by atomic mass is 16.6. The van der Waals surface area contributed by atoms with E-state index in [-0.39, 0.29) is 5.82 Å². The minimum atomic E-state index is -1.87. The molecular weight excluding hydrogens is 208 g/mol. The number of aliphatic hydroxyl groups excluding tert-OH is 2. The lowest BCUT2D eigenvalue weighted by molar-refractivity contribution is -0.389. The predicted molar refractivity (Wildman–Crippen MR) is 45.4 cm³/mol. The van der Waals surface area contributed by atoms with E-state index in [1.807, 2.05) is 0 Å². The molecule has 15 heavy (non-hydrogen) atoms. The minimum absolute atomic E-state index is 0.298. The maximum absolute atomic E-state index is 10.5. The van der Waals surface area contributed by atoms with E-state index in [9.17, 15) is 20.0 Å². The first kappa shape index (κ1) is 11.1. The fourth-order valence-corrected chi connectivity index (χ4v) is 0.875. The van der Waals surface area contributed by atoms with Crippen molar-refractivity contribution in [2.24, 2.45) is 5.73 Å². The number of hydrogen-bond acceptors (Lipinski definition) is 6. The number of aromatic amines is 1. The number of carbonyl (C=O) groups excluding carboxylic acids is 1. The highest BCUT2D eigenvalue weighted by molar-refractivity contribution is 5.79. The van der Waals surface area contributed by atoms with Gasteiger partial charge in [-0.1, -0.05) is 0 Å². The van der Waals surface area contributed by atoms with Crippen LogP contribution in [0.3, 0.4) is 0 Å². The number of carbonyl (C=O) groups is 1. The SMILES string of the molecule is NC(=O)C(O)C(O)c1ncc([N+](=O)[O-])[nH]1. The van der Waals surface area contributed by atoms with E-state index in [2.05, 4.69) is 9.97 Å². The molecule has 2 atom stereocenters. The molecule has 0 fully saturated rings. The highest BCUT2D eigenvalue weighted by Gasteiger charge is 2.29. The lowest BCUT2D eigenvalue weighted by Crippen LogP contribution is -2.34. The molecule has 0 spiro atoms. The van der Waals surface area contributed by atoms with Gasteiger partial charge in [0.2, 0.25) is 11.7 Å². The minimum Gasteiger partial charge on any atom is -0.380 e. The number of nitrogens with two attached hydrogens (primary N) is 1. The van der Waals surface area contributed by atoms with Crippen LogP contribution in [0.5, 0.6) is 0 Å². The molecule has 0 aliphatic rings. The van der Waals surface area contributed by atoms with Crippen LogP contribution in [0.25, 0.3) is 0 Å². The molecule has 1 aromatic heterocycles. The van der Waals surface area contributed by atoms with E-state index >= 15 is 0 Å². The topological polar surface area (TPSA) is 155 Å². The normalized spacial score (nSPS) is 14.5. The average Bonchev–Trinajstić information content (AvgIpc) is 2.64. The zero-order valence-electron chi connectivity index (χ0n) is 7.32. The van der Waals surface area contributed by atoms with Crippen molar-refractivity contribution in [3.05, 3.63) is 22.1 Å². The van der Waals surface area contributed by atoms with Gasteiger partial charge in [-0.25, -0.2) is 9.97 Å². The average molecular weight is 216 g/mol. The summed E-state index contributed by atoms with van der Waals surface area (Å²) in [5, 5.41) is 28.6. The van der Waals surface area contributed by atoms with Crippen molar-refractivity contribution in [1.29, 1.82) is 0 Å². The van der Waals surface area contributed by atoms with Crippen LogP contribution in [0.15, 0.2) is 6.20 Å². The number of nitrogens with one attached hydrogen (secondary N) is 1. The number of hydrogen-bond donors (Lipinski definition) is 4. The van der Waals surface area contributed by atoms with Gasteiger partial charge in [-0.3, -0.25) is 4.79 Å². The Hall–Kier alpha value is -2.00. The van der Waals surface area contributed by atoms with Crippen LogP contribution in [-0.4, -0.2) is 37.1 Å². The van der Waals surface area contributed by atoms with Gasteiger partial charge in [0.15, 0.2) is 12.2 Å². The number of imidazole rings is 1. The maximum atomic E-state index is 10.5. The number of nitrogens with zero attached hydrogens (tertiary/aromatic N) is 2. The van der Waals surface area contributed by atoms with Crippen molar-refractivity contribution in [3.63, 3.8) is 0 Å². The summed E-state index contributed by atoms with van der Waals surface area (Å²) in [5.74, 6) is -1.91. The number of aromatic nitrogens is 2. The summed E-state index contributed by atoms with van der Waals surface area (Å²) in [6.07, 6.45) is -2.72. The Balaban J connectivity index is 2.87. The lowest BCUT2D eigenvalue weighted by atomic mass is 10.2. The van der Waals surface area contributed by atoms with Crippen molar-refractivity contribution >= 4 is 11.7 Å². The van der Waals surface area contributed by atoms with Gasteiger partial charge in [0.05, 0.1) is 0 Å². The Kier molecular flexibility index (Phi) is 2.97. The summed E-state index contributed by atoms with van der Waals surface area (Å²) in [5.41, 5.74) is 4.72. The largest absolute Gasteiger partial charge is 0.380 e. The summed E-state index contributed by atoms with van der Waals surface area (Å²) >= 11 is 0. The first-order valence-corrected chi connectivity index (χ1v) is 3.78. The molecule has 9 heteroatoms. The third-order valence-electron chi connectivity index (χ3n) is 1.65. The van der Waals surface area contributed by atoms with Crippen molar-refractivity contribution in [2.45, 2.75) is 12.2 Å². The predicted octanol–water partition coefficient (Wildman–Crippen LogP) is -1.80. The van der Waals surface area contributed by atoms with Gasteiger partial charge in [0.25, 0.3) is 0 Å². The second kappa shape index (κ2) is 4.02. The van der Waals surface area contributed by atoms with Crippen LogP contribution in [0.1, 0.15) is 11.9 Å². The zero-order valence-corrected chi connectivity index (χ0v) is 7.32. The fourth-order valence-electron chi connectivity index (χ4n) is 0.875. The van der Waals surface area contributed by atoms with Crippen LogP contribution in [0.4, 0.5) is 5.82 Å². The van der Waals surface area contributed by atoms with Gasteiger partial charge in [-0.05, 0) is 4.92 Å². The van der Waals surface area contributed by atoms with E-state index in [0.29, 0.717) is 0 Å².